The SMILES string of the molecule is COc1cc(-n2cc(C)s/c2=N\C(=O)N2CCCC2)ccc1Cl. The minimum absolute atomic E-state index is 0.168. The van der Waals surface area contributed by atoms with Crippen molar-refractivity contribution >= 4 is 29.0 Å². The number of amides is 2. The molecular weight excluding hydrogens is 334 g/mol. The summed E-state index contributed by atoms with van der Waals surface area (Å²) < 4.78 is 7.16. The molecule has 0 saturated carbocycles. The number of thiazole rings is 1. The van der Waals surface area contributed by atoms with Crippen molar-refractivity contribution in [2.75, 3.05) is 20.2 Å². The highest BCUT2D eigenvalue weighted by Gasteiger charge is 2.17. The average molecular weight is 352 g/mol. The molecule has 1 aromatic carbocycles. The van der Waals surface area contributed by atoms with Crippen LogP contribution in [0.2, 0.25) is 5.02 Å². The van der Waals surface area contributed by atoms with Crippen LogP contribution in [0.15, 0.2) is 29.4 Å². The van der Waals surface area contributed by atoms with Crippen LogP contribution in [-0.2, 0) is 0 Å². The van der Waals surface area contributed by atoms with Crippen LogP contribution in [0.5, 0.6) is 5.75 Å². The zero-order valence-corrected chi connectivity index (χ0v) is 14.7. The molecular formula is C16H18ClN3O2S. The van der Waals surface area contributed by atoms with Crippen LogP contribution in [0.1, 0.15) is 17.7 Å². The molecule has 0 bridgehead atoms. The van der Waals surface area contributed by atoms with Crippen molar-refractivity contribution in [1.82, 2.24) is 9.47 Å². The van der Waals surface area contributed by atoms with Crippen molar-refractivity contribution < 1.29 is 9.53 Å². The van der Waals surface area contributed by atoms with E-state index in [1.54, 1.807) is 18.1 Å². The summed E-state index contributed by atoms with van der Waals surface area (Å²) in [6.45, 7) is 3.58. The number of carbonyl (C=O) groups excluding carboxylic acids is 1. The normalized spacial score (nSPS) is 15.3. The third-order valence-corrected chi connectivity index (χ3v) is 4.96. The zero-order chi connectivity index (χ0) is 16.4. The molecule has 2 aromatic rings. The lowest BCUT2D eigenvalue weighted by molar-refractivity contribution is 0.218. The first-order valence-corrected chi connectivity index (χ1v) is 8.64. The van der Waals surface area contributed by atoms with Gasteiger partial charge in [-0.25, -0.2) is 4.79 Å². The fraction of sp³-hybridized carbons (Fsp3) is 0.375. The van der Waals surface area contributed by atoms with Gasteiger partial charge in [0.2, 0.25) is 0 Å². The van der Waals surface area contributed by atoms with E-state index < -0.39 is 0 Å². The second-order valence-electron chi connectivity index (χ2n) is 5.40. The van der Waals surface area contributed by atoms with Crippen LogP contribution >= 0.6 is 22.9 Å². The Kier molecular flexibility index (Phi) is 4.73. The van der Waals surface area contributed by atoms with E-state index in [0.717, 1.165) is 36.5 Å². The Morgan fingerprint density at radius 1 is 1.35 bits per heavy atom. The summed E-state index contributed by atoms with van der Waals surface area (Å²) in [5, 5.41) is 0.551. The topological polar surface area (TPSA) is 46.8 Å². The highest BCUT2D eigenvalue weighted by Crippen LogP contribution is 2.26. The van der Waals surface area contributed by atoms with Gasteiger partial charge in [-0.3, -0.25) is 4.57 Å². The summed E-state index contributed by atoms with van der Waals surface area (Å²) in [5.41, 5.74) is 0.864. The molecule has 3 rings (SSSR count). The van der Waals surface area contributed by atoms with Gasteiger partial charge in [0.25, 0.3) is 0 Å². The molecule has 0 unspecified atom stereocenters. The number of ether oxygens (including phenoxy) is 1. The van der Waals surface area contributed by atoms with E-state index in [0.29, 0.717) is 15.6 Å². The van der Waals surface area contributed by atoms with Crippen LogP contribution in [0.4, 0.5) is 4.79 Å². The fourth-order valence-electron chi connectivity index (χ4n) is 2.58. The molecule has 0 radical (unpaired) electrons. The molecule has 1 fully saturated rings. The minimum atomic E-state index is -0.168. The molecule has 2 amide bonds. The summed E-state index contributed by atoms with van der Waals surface area (Å²) in [5.74, 6) is 0.595. The minimum Gasteiger partial charge on any atom is -0.495 e. The number of hydrogen-bond acceptors (Lipinski definition) is 3. The lowest BCUT2D eigenvalue weighted by atomic mass is 10.3. The number of benzene rings is 1. The molecule has 1 aromatic heterocycles. The van der Waals surface area contributed by atoms with E-state index in [9.17, 15) is 4.79 Å². The standard InChI is InChI=1S/C16H18ClN3O2S/c1-11-10-20(12-5-6-13(17)14(9-12)22-2)16(23-11)18-15(21)19-7-3-4-8-19/h5-6,9-10H,3-4,7-8H2,1-2H3/b18-16-. The number of urea groups is 1. The Bertz CT molecular complexity index is 791. The lowest BCUT2D eigenvalue weighted by Gasteiger charge is -2.11. The van der Waals surface area contributed by atoms with Crippen molar-refractivity contribution in [2.45, 2.75) is 19.8 Å². The molecule has 7 heteroatoms. The smallest absolute Gasteiger partial charge is 0.346 e. The van der Waals surface area contributed by atoms with Gasteiger partial charge in [-0.1, -0.05) is 11.6 Å². The van der Waals surface area contributed by atoms with Crippen LogP contribution in [0.25, 0.3) is 5.69 Å². The number of aromatic nitrogens is 1. The number of nitrogens with zero attached hydrogens (tertiary/aromatic N) is 3. The second-order valence-corrected chi connectivity index (χ2v) is 7.02. The van der Waals surface area contributed by atoms with E-state index in [-0.39, 0.29) is 6.03 Å². The van der Waals surface area contributed by atoms with Gasteiger partial charge < -0.3 is 9.64 Å². The predicted octanol–water partition coefficient (Wildman–Crippen LogP) is 3.63. The summed E-state index contributed by atoms with van der Waals surface area (Å²) in [7, 11) is 1.58. The molecule has 2 heterocycles. The summed E-state index contributed by atoms with van der Waals surface area (Å²) in [4.78, 5) is 20.1. The monoisotopic (exact) mass is 351 g/mol. The number of halogens is 1. The van der Waals surface area contributed by atoms with Gasteiger partial charge in [0.1, 0.15) is 5.75 Å². The van der Waals surface area contributed by atoms with Gasteiger partial charge in [-0.15, -0.1) is 11.3 Å². The van der Waals surface area contributed by atoms with Crippen LogP contribution in [0, 0.1) is 6.92 Å². The Morgan fingerprint density at radius 3 is 2.78 bits per heavy atom. The molecule has 1 aliphatic heterocycles. The van der Waals surface area contributed by atoms with E-state index in [4.69, 9.17) is 16.3 Å². The van der Waals surface area contributed by atoms with E-state index >= 15 is 0 Å². The lowest BCUT2D eigenvalue weighted by Crippen LogP contribution is -2.27. The number of carbonyl (C=O) groups is 1. The van der Waals surface area contributed by atoms with Gasteiger partial charge in [-0.05, 0) is 31.9 Å². The third-order valence-electron chi connectivity index (χ3n) is 3.75. The Labute approximate surface area is 143 Å². The van der Waals surface area contributed by atoms with Gasteiger partial charge >= 0.3 is 6.03 Å². The Balaban J connectivity index is 2.02. The quantitative estimate of drug-likeness (QED) is 0.829. The number of aryl methyl sites for hydroxylation is 1. The highest BCUT2D eigenvalue weighted by molar-refractivity contribution is 7.09. The first-order chi connectivity index (χ1) is 11.1. The molecule has 1 aliphatic rings. The number of hydrogen-bond donors (Lipinski definition) is 0. The van der Waals surface area contributed by atoms with E-state index in [2.05, 4.69) is 4.99 Å². The Hall–Kier alpha value is -1.79. The number of likely N-dealkylation sites (tertiary alicyclic amines) is 1. The van der Waals surface area contributed by atoms with Crippen molar-refractivity contribution in [2.24, 2.45) is 4.99 Å². The van der Waals surface area contributed by atoms with E-state index in [1.807, 2.05) is 29.8 Å². The maximum Gasteiger partial charge on any atom is 0.346 e. The third kappa shape index (κ3) is 3.43. The van der Waals surface area contributed by atoms with Gasteiger partial charge in [0.15, 0.2) is 4.80 Å². The van der Waals surface area contributed by atoms with Crippen LogP contribution in [0.3, 0.4) is 0 Å². The second kappa shape index (κ2) is 6.76. The maximum atomic E-state index is 12.3. The molecule has 0 spiro atoms. The molecule has 1 saturated heterocycles. The van der Waals surface area contributed by atoms with Crippen molar-refractivity contribution in [3.8, 4) is 11.4 Å². The zero-order valence-electron chi connectivity index (χ0n) is 13.1. The van der Waals surface area contributed by atoms with Gasteiger partial charge in [-0.2, -0.15) is 4.99 Å². The average Bonchev–Trinajstić information content (AvgIpc) is 3.18. The fourth-order valence-corrected chi connectivity index (χ4v) is 3.60. The molecule has 122 valence electrons. The molecule has 23 heavy (non-hydrogen) atoms. The predicted molar refractivity (Wildman–Crippen MR) is 91.7 cm³/mol. The maximum absolute atomic E-state index is 12.3. The largest absolute Gasteiger partial charge is 0.495 e. The molecule has 0 N–H and O–H groups in total. The molecule has 0 atom stereocenters. The van der Waals surface area contributed by atoms with Crippen molar-refractivity contribution in [3.63, 3.8) is 0 Å². The first-order valence-electron chi connectivity index (χ1n) is 7.45. The Morgan fingerprint density at radius 2 is 2.09 bits per heavy atom. The molecule has 5 nitrogen and oxygen atoms in total. The van der Waals surface area contributed by atoms with Gasteiger partial charge in [0, 0.05) is 30.2 Å². The number of rotatable bonds is 2. The van der Waals surface area contributed by atoms with Crippen molar-refractivity contribution in [1.29, 1.82) is 0 Å². The number of methoxy groups -OCH3 is 1. The highest BCUT2D eigenvalue weighted by atomic mass is 35.5. The summed E-state index contributed by atoms with van der Waals surface area (Å²) >= 11 is 7.57. The molecule has 0 aliphatic carbocycles. The van der Waals surface area contributed by atoms with Crippen molar-refractivity contribution in [3.05, 3.63) is 39.1 Å². The first kappa shape index (κ1) is 16.1. The summed E-state index contributed by atoms with van der Waals surface area (Å²) in [6, 6.07) is 5.34. The van der Waals surface area contributed by atoms with Crippen LogP contribution < -0.4 is 9.54 Å². The summed E-state index contributed by atoms with van der Waals surface area (Å²) in [6.07, 6.45) is 4.07. The van der Waals surface area contributed by atoms with Crippen LogP contribution in [-0.4, -0.2) is 35.7 Å². The van der Waals surface area contributed by atoms with Gasteiger partial charge in [0.05, 0.1) is 17.8 Å². The van der Waals surface area contributed by atoms with E-state index in [1.165, 1.54) is 11.3 Å².